The van der Waals surface area contributed by atoms with E-state index in [-0.39, 0.29) is 30.4 Å². The molecule has 0 spiro atoms. The van der Waals surface area contributed by atoms with E-state index in [1.807, 2.05) is 72.8 Å². The zero-order chi connectivity index (χ0) is 27.7. The predicted octanol–water partition coefficient (Wildman–Crippen LogP) is 4.93. The van der Waals surface area contributed by atoms with Crippen molar-refractivity contribution in [2.24, 2.45) is 0 Å². The molecule has 2 amide bonds. The lowest BCUT2D eigenvalue weighted by molar-refractivity contribution is 0.0101. The molecule has 2 aromatic heterocycles. The van der Waals surface area contributed by atoms with Crippen molar-refractivity contribution in [1.29, 1.82) is 0 Å². The zero-order valence-corrected chi connectivity index (χ0v) is 22.1. The number of hydrogen-bond donors (Lipinski definition) is 2. The molecule has 1 fully saturated rings. The van der Waals surface area contributed by atoms with E-state index < -0.39 is 12.2 Å². The number of ether oxygens (including phenoxy) is 1. The minimum Gasteiger partial charge on any atom is -0.497 e. The van der Waals surface area contributed by atoms with Crippen LogP contribution >= 0.6 is 0 Å². The summed E-state index contributed by atoms with van der Waals surface area (Å²) >= 11 is 0. The number of carbonyl (C=O) groups is 2. The van der Waals surface area contributed by atoms with Crippen LogP contribution in [0.2, 0.25) is 0 Å². The number of aromatic nitrogens is 2. The predicted molar refractivity (Wildman–Crippen MR) is 154 cm³/mol. The Labute approximate surface area is 233 Å². The molecule has 8 heteroatoms. The molecule has 4 aromatic carbocycles. The van der Waals surface area contributed by atoms with Crippen molar-refractivity contribution < 1.29 is 24.5 Å². The smallest absolute Gasteiger partial charge is 0.262 e. The minimum absolute atomic E-state index is 0.138. The number of nitrogens with zero attached hydrogens (tertiary/aromatic N) is 3. The van der Waals surface area contributed by atoms with Crippen LogP contribution in [0.3, 0.4) is 0 Å². The monoisotopic (exact) mass is 543 g/mol. The van der Waals surface area contributed by atoms with E-state index in [0.29, 0.717) is 23.3 Å². The lowest BCUT2D eigenvalue weighted by atomic mass is 9.96. The molecule has 1 saturated carbocycles. The highest BCUT2D eigenvalue weighted by molar-refractivity contribution is 6.39. The number of amides is 2. The average molecular weight is 544 g/mol. The number of rotatable bonds is 3. The molecule has 41 heavy (non-hydrogen) atoms. The van der Waals surface area contributed by atoms with Crippen LogP contribution in [0.25, 0.3) is 43.6 Å². The molecule has 9 rings (SSSR count). The number of benzene rings is 4. The summed E-state index contributed by atoms with van der Waals surface area (Å²) in [4.78, 5) is 30.0. The van der Waals surface area contributed by atoms with E-state index in [1.165, 1.54) is 4.90 Å². The van der Waals surface area contributed by atoms with Gasteiger partial charge < -0.3 is 24.1 Å². The molecule has 4 heterocycles. The molecule has 4 atom stereocenters. The highest BCUT2D eigenvalue weighted by Gasteiger charge is 2.50. The molecule has 202 valence electrons. The van der Waals surface area contributed by atoms with E-state index in [1.54, 1.807) is 7.11 Å². The fourth-order valence-corrected chi connectivity index (χ4v) is 7.78. The fraction of sp³-hybridized carbons (Fsp3) is 0.212. The van der Waals surface area contributed by atoms with Gasteiger partial charge in [0.1, 0.15) is 18.0 Å². The van der Waals surface area contributed by atoms with Gasteiger partial charge in [0.05, 0.1) is 47.9 Å². The summed E-state index contributed by atoms with van der Waals surface area (Å²) in [5.41, 5.74) is 5.07. The van der Waals surface area contributed by atoms with E-state index in [0.717, 1.165) is 49.2 Å². The van der Waals surface area contributed by atoms with E-state index in [9.17, 15) is 19.8 Å². The summed E-state index contributed by atoms with van der Waals surface area (Å²) in [6, 6.07) is 22.3. The second-order valence-corrected chi connectivity index (χ2v) is 11.4. The van der Waals surface area contributed by atoms with Gasteiger partial charge in [0.25, 0.3) is 11.8 Å². The molecule has 3 aliphatic rings. The number of aliphatic hydroxyl groups is 2. The van der Waals surface area contributed by atoms with Gasteiger partial charge in [-0.3, -0.25) is 14.5 Å². The van der Waals surface area contributed by atoms with Crippen LogP contribution in [0.4, 0.5) is 0 Å². The first kappa shape index (κ1) is 23.1. The van der Waals surface area contributed by atoms with Gasteiger partial charge in [0, 0.05) is 32.6 Å². The topological polar surface area (TPSA) is 96.9 Å². The molecule has 6 aromatic rings. The Bertz CT molecular complexity index is 2010. The van der Waals surface area contributed by atoms with Gasteiger partial charge in [0.15, 0.2) is 0 Å². The number of carbonyl (C=O) groups excluding carboxylic acids is 2. The summed E-state index contributed by atoms with van der Waals surface area (Å²) in [5, 5.41) is 25.8. The third kappa shape index (κ3) is 2.67. The number of fused-ring (bicyclic) bond motifs is 13. The van der Waals surface area contributed by atoms with Crippen LogP contribution in [-0.2, 0) is 6.54 Å². The molecule has 2 bridgehead atoms. The second-order valence-electron chi connectivity index (χ2n) is 11.4. The van der Waals surface area contributed by atoms with Gasteiger partial charge in [-0.2, -0.15) is 0 Å². The Kier molecular flexibility index (Phi) is 4.36. The van der Waals surface area contributed by atoms with Crippen molar-refractivity contribution in [2.45, 2.75) is 37.3 Å². The van der Waals surface area contributed by atoms with Gasteiger partial charge >= 0.3 is 0 Å². The van der Waals surface area contributed by atoms with Gasteiger partial charge in [-0.15, -0.1) is 0 Å². The second kappa shape index (κ2) is 7.75. The number of imide groups is 1. The van der Waals surface area contributed by atoms with E-state index in [4.69, 9.17) is 4.74 Å². The van der Waals surface area contributed by atoms with Gasteiger partial charge in [-0.1, -0.05) is 48.5 Å². The summed E-state index contributed by atoms with van der Waals surface area (Å²) < 4.78 is 9.52. The summed E-state index contributed by atoms with van der Waals surface area (Å²) in [7, 11) is 1.60. The summed E-state index contributed by atoms with van der Waals surface area (Å²) in [6.07, 6.45) is -1.41. The number of methoxy groups -OCH3 is 1. The first-order valence-electron chi connectivity index (χ1n) is 13.9. The Hall–Kier alpha value is -4.66. The van der Waals surface area contributed by atoms with Gasteiger partial charge in [0.2, 0.25) is 0 Å². The Morgan fingerprint density at radius 3 is 1.71 bits per heavy atom. The number of para-hydroxylation sites is 2. The van der Waals surface area contributed by atoms with Crippen molar-refractivity contribution in [3.8, 4) is 5.75 Å². The highest BCUT2D eigenvalue weighted by atomic mass is 16.5. The molecule has 2 N–H and O–H groups in total. The molecular weight excluding hydrogens is 518 g/mol. The molecule has 8 nitrogen and oxygen atoms in total. The Morgan fingerprint density at radius 2 is 1.22 bits per heavy atom. The van der Waals surface area contributed by atoms with E-state index >= 15 is 0 Å². The molecular formula is C33H25N3O5. The van der Waals surface area contributed by atoms with E-state index in [2.05, 4.69) is 9.13 Å². The first-order valence-corrected chi connectivity index (χ1v) is 13.9. The maximum absolute atomic E-state index is 14.3. The lowest BCUT2D eigenvalue weighted by Crippen LogP contribution is -2.31. The number of hydrogen-bond acceptors (Lipinski definition) is 5. The highest BCUT2D eigenvalue weighted by Crippen LogP contribution is 2.54. The Morgan fingerprint density at radius 1 is 0.732 bits per heavy atom. The summed E-state index contributed by atoms with van der Waals surface area (Å²) in [5.74, 6) is 0.0588. The van der Waals surface area contributed by atoms with Gasteiger partial charge in [-0.05, 0) is 36.2 Å². The minimum atomic E-state index is -0.972. The van der Waals surface area contributed by atoms with Crippen molar-refractivity contribution in [3.63, 3.8) is 0 Å². The van der Waals surface area contributed by atoms with Crippen LogP contribution in [0, 0.1) is 0 Å². The lowest BCUT2D eigenvalue weighted by Gasteiger charge is -2.24. The van der Waals surface area contributed by atoms with Crippen LogP contribution < -0.4 is 4.74 Å². The standard InChI is InChI=1S/C33H25N3O5/c1-41-17-12-10-16(11-13-17)15-34-32(39)26-24-18-6-2-4-8-20(18)35-22-14-23(31(38)30(22)37)36-21-9-5-3-7-19(21)25(27(26)33(34)40)29(36)28(24)35/h2-13,22-23,30-31,37-38H,14-15H2,1H3/t22?,23?,30-,31+. The first-order chi connectivity index (χ1) is 20.0. The third-order valence-corrected chi connectivity index (χ3v) is 9.50. The SMILES string of the molecule is COc1ccc(CN2C(=O)c3c(c4c5ccccc5n5c4c4c3c3ccccc3n4C3CC5[C@H](O)[C@@H]3O)C2=O)cc1. The third-order valence-electron chi connectivity index (χ3n) is 9.50. The van der Waals surface area contributed by atoms with Crippen LogP contribution in [-0.4, -0.2) is 55.4 Å². The van der Waals surface area contributed by atoms with Crippen molar-refractivity contribution in [1.82, 2.24) is 14.0 Å². The Balaban J connectivity index is 1.44. The van der Waals surface area contributed by atoms with Crippen molar-refractivity contribution >= 4 is 55.4 Å². The maximum atomic E-state index is 14.3. The molecule has 0 saturated heterocycles. The van der Waals surface area contributed by atoms with Crippen molar-refractivity contribution in [2.75, 3.05) is 7.11 Å². The molecule has 1 aliphatic carbocycles. The van der Waals surface area contributed by atoms with Crippen molar-refractivity contribution in [3.05, 3.63) is 89.5 Å². The number of aliphatic hydroxyl groups excluding tert-OH is 2. The summed E-state index contributed by atoms with van der Waals surface area (Å²) in [6.45, 7) is 0.138. The average Bonchev–Trinajstić information content (AvgIpc) is 3.64. The van der Waals surface area contributed by atoms with Crippen LogP contribution in [0.1, 0.15) is 44.8 Å². The molecule has 0 radical (unpaired) electrons. The molecule has 2 unspecified atom stereocenters. The normalized spacial score (nSPS) is 23.0. The van der Waals surface area contributed by atoms with Crippen LogP contribution in [0.15, 0.2) is 72.8 Å². The zero-order valence-electron chi connectivity index (χ0n) is 22.1. The maximum Gasteiger partial charge on any atom is 0.262 e. The largest absolute Gasteiger partial charge is 0.497 e. The molecule has 2 aliphatic heterocycles. The van der Waals surface area contributed by atoms with Crippen LogP contribution in [0.5, 0.6) is 5.75 Å². The van der Waals surface area contributed by atoms with Gasteiger partial charge in [-0.25, -0.2) is 0 Å². The quantitative estimate of drug-likeness (QED) is 0.309. The fourth-order valence-electron chi connectivity index (χ4n) is 7.78.